The Bertz CT molecular complexity index is 673. The Morgan fingerprint density at radius 2 is 1.95 bits per heavy atom. The highest BCUT2D eigenvalue weighted by atomic mass is 16.1. The van der Waals surface area contributed by atoms with Gasteiger partial charge in [0.1, 0.15) is 0 Å². The van der Waals surface area contributed by atoms with E-state index in [1.165, 1.54) is 11.1 Å². The van der Waals surface area contributed by atoms with Crippen molar-refractivity contribution in [1.82, 2.24) is 9.78 Å². The second-order valence-corrected chi connectivity index (χ2v) is 5.32. The average molecular weight is 286 g/mol. The molecule has 0 fully saturated rings. The number of aryl methyl sites for hydroxylation is 3. The summed E-state index contributed by atoms with van der Waals surface area (Å²) in [4.78, 5) is 12.1. The molecule has 21 heavy (non-hydrogen) atoms. The minimum atomic E-state index is -0.0740. The molecule has 2 rings (SSSR count). The molecule has 2 N–H and O–H groups in total. The summed E-state index contributed by atoms with van der Waals surface area (Å²) < 4.78 is 1.77. The molecule has 0 aliphatic heterocycles. The summed E-state index contributed by atoms with van der Waals surface area (Å²) in [5.74, 6) is -0.0740. The van der Waals surface area contributed by atoms with Crippen LogP contribution in [0.25, 0.3) is 0 Å². The molecule has 0 radical (unpaired) electrons. The van der Waals surface area contributed by atoms with Crippen LogP contribution < -0.4 is 10.6 Å². The van der Waals surface area contributed by atoms with Gasteiger partial charge in [0.05, 0.1) is 23.6 Å². The van der Waals surface area contributed by atoms with Crippen LogP contribution in [-0.4, -0.2) is 22.2 Å². The van der Waals surface area contributed by atoms with Gasteiger partial charge in [0.2, 0.25) is 5.91 Å². The van der Waals surface area contributed by atoms with Crippen molar-refractivity contribution >= 4 is 17.3 Å². The highest BCUT2D eigenvalue weighted by Crippen LogP contribution is 2.19. The maximum atomic E-state index is 12.1. The summed E-state index contributed by atoms with van der Waals surface area (Å²) in [5, 5.41) is 10.4. The van der Waals surface area contributed by atoms with Crippen LogP contribution in [0, 0.1) is 27.7 Å². The topological polar surface area (TPSA) is 59.0 Å². The minimum absolute atomic E-state index is 0.0740. The number of benzene rings is 1. The first kappa shape index (κ1) is 15.1. The number of rotatable bonds is 4. The largest absolute Gasteiger partial charge is 0.376 e. The lowest BCUT2D eigenvalue weighted by molar-refractivity contribution is -0.114. The number of carbonyl (C=O) groups excluding carboxylic acids is 1. The van der Waals surface area contributed by atoms with Gasteiger partial charge in [-0.2, -0.15) is 5.10 Å². The van der Waals surface area contributed by atoms with Gasteiger partial charge in [0.25, 0.3) is 0 Å². The van der Waals surface area contributed by atoms with Gasteiger partial charge in [-0.1, -0.05) is 12.1 Å². The molecule has 1 amide bonds. The predicted octanol–water partition coefficient (Wildman–Crippen LogP) is 2.70. The first-order valence-electron chi connectivity index (χ1n) is 7.00. The summed E-state index contributed by atoms with van der Waals surface area (Å²) >= 11 is 0. The number of hydrogen-bond donors (Lipinski definition) is 2. The van der Waals surface area contributed by atoms with Gasteiger partial charge in [-0.15, -0.1) is 0 Å². The highest BCUT2D eigenvalue weighted by molar-refractivity contribution is 5.94. The van der Waals surface area contributed by atoms with Crippen LogP contribution in [0.5, 0.6) is 0 Å². The molecule has 0 aliphatic carbocycles. The molecule has 0 aliphatic rings. The average Bonchev–Trinajstić information content (AvgIpc) is 2.67. The summed E-state index contributed by atoms with van der Waals surface area (Å²) in [6, 6.07) is 6.02. The van der Waals surface area contributed by atoms with Crippen LogP contribution in [0.2, 0.25) is 0 Å². The van der Waals surface area contributed by atoms with E-state index in [-0.39, 0.29) is 12.5 Å². The third-order valence-corrected chi connectivity index (χ3v) is 3.82. The normalized spacial score (nSPS) is 10.5. The van der Waals surface area contributed by atoms with E-state index in [1.807, 2.05) is 40.0 Å². The second kappa shape index (κ2) is 5.99. The van der Waals surface area contributed by atoms with Gasteiger partial charge in [-0.05, 0) is 44.9 Å². The zero-order valence-electron chi connectivity index (χ0n) is 13.2. The van der Waals surface area contributed by atoms with Crippen molar-refractivity contribution in [2.45, 2.75) is 27.7 Å². The van der Waals surface area contributed by atoms with E-state index in [0.29, 0.717) is 0 Å². The van der Waals surface area contributed by atoms with E-state index in [0.717, 1.165) is 22.8 Å². The second-order valence-electron chi connectivity index (χ2n) is 5.32. The van der Waals surface area contributed by atoms with Crippen molar-refractivity contribution in [3.8, 4) is 0 Å². The number of anilines is 2. The Morgan fingerprint density at radius 1 is 1.24 bits per heavy atom. The molecule has 1 aromatic carbocycles. The Morgan fingerprint density at radius 3 is 2.57 bits per heavy atom. The summed E-state index contributed by atoms with van der Waals surface area (Å²) in [7, 11) is 1.87. The molecule has 0 unspecified atom stereocenters. The van der Waals surface area contributed by atoms with E-state index in [9.17, 15) is 4.79 Å². The summed E-state index contributed by atoms with van der Waals surface area (Å²) in [5.41, 5.74) is 5.94. The molecule has 112 valence electrons. The molecule has 1 heterocycles. The van der Waals surface area contributed by atoms with E-state index >= 15 is 0 Å². The molecule has 0 spiro atoms. The molecule has 5 heteroatoms. The lowest BCUT2D eigenvalue weighted by Crippen LogP contribution is -2.22. The third kappa shape index (κ3) is 3.24. The molecule has 0 atom stereocenters. The number of amides is 1. The molecular formula is C16H22N4O. The number of nitrogens with zero attached hydrogens (tertiary/aromatic N) is 2. The van der Waals surface area contributed by atoms with Crippen LogP contribution in [-0.2, 0) is 11.8 Å². The molecule has 1 aromatic heterocycles. The number of nitrogens with one attached hydrogen (secondary N) is 2. The van der Waals surface area contributed by atoms with Gasteiger partial charge >= 0.3 is 0 Å². The Hall–Kier alpha value is -2.30. The summed E-state index contributed by atoms with van der Waals surface area (Å²) in [6.07, 6.45) is 0. The van der Waals surface area contributed by atoms with Crippen molar-refractivity contribution in [2.75, 3.05) is 17.2 Å². The Kier molecular flexibility index (Phi) is 4.31. The molecule has 0 saturated heterocycles. The van der Waals surface area contributed by atoms with Crippen molar-refractivity contribution in [3.05, 3.63) is 40.7 Å². The summed E-state index contributed by atoms with van der Waals surface area (Å²) in [6.45, 7) is 8.17. The molecular weight excluding hydrogens is 264 g/mol. The van der Waals surface area contributed by atoms with Crippen molar-refractivity contribution < 1.29 is 4.79 Å². The van der Waals surface area contributed by atoms with Gasteiger partial charge in [-0.25, -0.2) is 0 Å². The monoisotopic (exact) mass is 286 g/mol. The van der Waals surface area contributed by atoms with Gasteiger partial charge in [0.15, 0.2) is 0 Å². The lowest BCUT2D eigenvalue weighted by atomic mass is 10.1. The zero-order chi connectivity index (χ0) is 15.6. The molecule has 0 bridgehead atoms. The molecule has 0 saturated carbocycles. The van der Waals surface area contributed by atoms with Crippen LogP contribution in [0.1, 0.15) is 22.5 Å². The Labute approximate surface area is 125 Å². The fraction of sp³-hybridized carbons (Fsp3) is 0.375. The van der Waals surface area contributed by atoms with Crippen molar-refractivity contribution in [2.24, 2.45) is 7.05 Å². The van der Waals surface area contributed by atoms with Gasteiger partial charge in [-0.3, -0.25) is 9.48 Å². The van der Waals surface area contributed by atoms with Crippen LogP contribution in [0.3, 0.4) is 0 Å². The van der Waals surface area contributed by atoms with E-state index in [2.05, 4.69) is 28.7 Å². The van der Waals surface area contributed by atoms with E-state index in [4.69, 9.17) is 0 Å². The predicted molar refractivity (Wildman–Crippen MR) is 85.7 cm³/mol. The molecule has 5 nitrogen and oxygen atoms in total. The maximum absolute atomic E-state index is 12.1. The highest BCUT2D eigenvalue weighted by Gasteiger charge is 2.12. The van der Waals surface area contributed by atoms with Gasteiger partial charge < -0.3 is 10.6 Å². The van der Waals surface area contributed by atoms with Crippen LogP contribution in [0.15, 0.2) is 18.2 Å². The standard InChI is InChI=1S/C16H22N4O/c1-10-7-6-8-14(11(10)2)17-9-15(21)18-16-12(3)19-20(5)13(16)4/h6-8,17H,9H2,1-5H3,(H,18,21). The first-order valence-corrected chi connectivity index (χ1v) is 7.00. The quantitative estimate of drug-likeness (QED) is 0.908. The van der Waals surface area contributed by atoms with Crippen molar-refractivity contribution in [3.63, 3.8) is 0 Å². The van der Waals surface area contributed by atoms with Crippen molar-refractivity contribution in [1.29, 1.82) is 0 Å². The maximum Gasteiger partial charge on any atom is 0.243 e. The van der Waals surface area contributed by atoms with Gasteiger partial charge in [0, 0.05) is 12.7 Å². The third-order valence-electron chi connectivity index (χ3n) is 3.82. The van der Waals surface area contributed by atoms with E-state index < -0.39 is 0 Å². The van der Waals surface area contributed by atoms with E-state index in [1.54, 1.807) is 4.68 Å². The van der Waals surface area contributed by atoms with Crippen LogP contribution in [0.4, 0.5) is 11.4 Å². The SMILES string of the molecule is Cc1cccc(NCC(=O)Nc2c(C)nn(C)c2C)c1C. The fourth-order valence-corrected chi connectivity index (χ4v) is 2.26. The smallest absolute Gasteiger partial charge is 0.243 e. The van der Waals surface area contributed by atoms with Crippen LogP contribution >= 0.6 is 0 Å². The molecule has 2 aromatic rings. The number of hydrogen-bond acceptors (Lipinski definition) is 3. The lowest BCUT2D eigenvalue weighted by Gasteiger charge is -2.11. The minimum Gasteiger partial charge on any atom is -0.376 e. The zero-order valence-corrected chi connectivity index (χ0v) is 13.2. The first-order chi connectivity index (χ1) is 9.90. The Balaban J connectivity index is 2.01. The fourth-order valence-electron chi connectivity index (χ4n) is 2.26. The number of aromatic nitrogens is 2. The number of carbonyl (C=O) groups is 1.